The molecule has 0 bridgehead atoms. The number of fused-ring (bicyclic) bond motifs is 4. The van der Waals surface area contributed by atoms with Crippen LogP contribution in [0.15, 0.2) is 0 Å². The molecule has 0 aliphatic heterocycles. The Hall–Kier alpha value is 0. The minimum atomic E-state index is 0.994. The Labute approximate surface area is 67.4 Å². The van der Waals surface area contributed by atoms with Crippen LogP contribution in [0.5, 0.6) is 0 Å². The molecule has 11 heavy (non-hydrogen) atoms. The Morgan fingerprint density at radius 1 is 0.909 bits per heavy atom. The standard InChI is InChI=1S/C11H14/c1-2-10(1)5-6-7-8(10)9(7)11(6)3-4-11/h6-9H,1-5H2/t6-,7-,8+,9-/m1/s1. The zero-order valence-corrected chi connectivity index (χ0v) is 6.84. The monoisotopic (exact) mass is 146 g/mol. The maximum Gasteiger partial charge on any atom is -0.0232 e. The van der Waals surface area contributed by atoms with Crippen molar-refractivity contribution in [1.82, 2.24) is 0 Å². The molecule has 0 unspecified atom stereocenters. The zero-order chi connectivity index (χ0) is 6.84. The minimum Gasteiger partial charge on any atom is -0.0468 e. The van der Waals surface area contributed by atoms with E-state index in [9.17, 15) is 0 Å². The highest BCUT2D eigenvalue weighted by atomic mass is 14.9. The molecule has 5 rings (SSSR count). The summed E-state index contributed by atoms with van der Waals surface area (Å²) in [5, 5.41) is 0. The van der Waals surface area contributed by atoms with E-state index >= 15 is 0 Å². The molecule has 0 amide bonds. The second-order valence-electron chi connectivity index (χ2n) is 6.04. The van der Waals surface area contributed by atoms with E-state index in [-0.39, 0.29) is 0 Å². The van der Waals surface area contributed by atoms with Gasteiger partial charge in [0.05, 0.1) is 0 Å². The van der Waals surface area contributed by atoms with Gasteiger partial charge in [0.25, 0.3) is 0 Å². The van der Waals surface area contributed by atoms with E-state index in [2.05, 4.69) is 0 Å². The van der Waals surface area contributed by atoms with Gasteiger partial charge in [-0.05, 0) is 66.6 Å². The molecule has 0 radical (unpaired) electrons. The lowest BCUT2D eigenvalue weighted by Crippen LogP contribution is -2.34. The first-order chi connectivity index (χ1) is 5.38. The highest BCUT2D eigenvalue weighted by molar-refractivity contribution is 5.37. The van der Waals surface area contributed by atoms with E-state index < -0.39 is 0 Å². The van der Waals surface area contributed by atoms with E-state index in [0.29, 0.717) is 0 Å². The van der Waals surface area contributed by atoms with Gasteiger partial charge >= 0.3 is 0 Å². The number of rotatable bonds is 0. The summed E-state index contributed by atoms with van der Waals surface area (Å²) in [6.07, 6.45) is 8.18. The van der Waals surface area contributed by atoms with E-state index in [4.69, 9.17) is 0 Å². The fourth-order valence-electron chi connectivity index (χ4n) is 5.34. The van der Waals surface area contributed by atoms with Crippen molar-refractivity contribution in [2.45, 2.75) is 32.1 Å². The Morgan fingerprint density at radius 2 is 1.73 bits per heavy atom. The SMILES string of the molecule is C1CC12C[C@@H]1[C@@H]3[C@H]2[C@@H]3C12CC2. The topological polar surface area (TPSA) is 0 Å². The van der Waals surface area contributed by atoms with Crippen LogP contribution in [0.2, 0.25) is 0 Å². The van der Waals surface area contributed by atoms with Crippen LogP contribution in [0.1, 0.15) is 32.1 Å². The molecule has 0 nitrogen and oxygen atoms in total. The summed E-state index contributed by atoms with van der Waals surface area (Å²) in [6, 6.07) is 0. The molecule has 5 saturated carbocycles. The second-order valence-corrected chi connectivity index (χ2v) is 6.04. The van der Waals surface area contributed by atoms with Gasteiger partial charge in [-0.25, -0.2) is 0 Å². The molecule has 0 aromatic carbocycles. The summed E-state index contributed by atoms with van der Waals surface area (Å²) in [6.45, 7) is 0. The van der Waals surface area contributed by atoms with E-state index in [1.165, 1.54) is 23.7 Å². The molecular formula is C11H14. The first-order valence-corrected chi connectivity index (χ1v) is 5.38. The van der Waals surface area contributed by atoms with Gasteiger partial charge in [0.2, 0.25) is 0 Å². The van der Waals surface area contributed by atoms with Crippen molar-refractivity contribution in [3.63, 3.8) is 0 Å². The first-order valence-electron chi connectivity index (χ1n) is 5.38. The highest BCUT2D eigenvalue weighted by Gasteiger charge is 2.89. The van der Waals surface area contributed by atoms with E-state index in [1.807, 2.05) is 0 Å². The van der Waals surface area contributed by atoms with Crippen LogP contribution in [-0.2, 0) is 0 Å². The van der Waals surface area contributed by atoms with Gasteiger partial charge < -0.3 is 0 Å². The van der Waals surface area contributed by atoms with Gasteiger partial charge in [-0.2, -0.15) is 0 Å². The van der Waals surface area contributed by atoms with Crippen LogP contribution in [0.3, 0.4) is 0 Å². The van der Waals surface area contributed by atoms with Crippen LogP contribution in [-0.4, -0.2) is 0 Å². The first kappa shape index (κ1) is 4.89. The summed E-state index contributed by atoms with van der Waals surface area (Å²) < 4.78 is 0. The molecular weight excluding hydrogens is 132 g/mol. The van der Waals surface area contributed by atoms with Crippen LogP contribution in [0.25, 0.3) is 0 Å². The van der Waals surface area contributed by atoms with Crippen molar-refractivity contribution in [1.29, 1.82) is 0 Å². The smallest absolute Gasteiger partial charge is 0.0232 e. The quantitative estimate of drug-likeness (QED) is 0.492. The fraction of sp³-hybridized carbons (Fsp3) is 1.00. The third-order valence-corrected chi connectivity index (χ3v) is 6.00. The van der Waals surface area contributed by atoms with Gasteiger partial charge in [-0.15, -0.1) is 0 Å². The molecule has 0 heteroatoms. The van der Waals surface area contributed by atoms with Crippen molar-refractivity contribution < 1.29 is 0 Å². The maximum atomic E-state index is 1.68. The van der Waals surface area contributed by atoms with Crippen molar-refractivity contribution in [2.75, 3.05) is 0 Å². The van der Waals surface area contributed by atoms with Crippen LogP contribution >= 0.6 is 0 Å². The molecule has 2 spiro atoms. The average Bonchev–Trinajstić information content (AvgIpc) is 2.81. The Balaban J connectivity index is 1.69. The van der Waals surface area contributed by atoms with Crippen molar-refractivity contribution >= 4 is 0 Å². The van der Waals surface area contributed by atoms with Crippen molar-refractivity contribution in [2.24, 2.45) is 34.5 Å². The van der Waals surface area contributed by atoms with Gasteiger partial charge in [-0.1, -0.05) is 0 Å². The number of hydrogen-bond donors (Lipinski definition) is 0. The van der Waals surface area contributed by atoms with E-state index in [1.54, 1.807) is 32.1 Å². The van der Waals surface area contributed by atoms with Gasteiger partial charge in [0.15, 0.2) is 0 Å². The summed E-state index contributed by atoms with van der Waals surface area (Å²) in [7, 11) is 0. The average molecular weight is 146 g/mol. The molecule has 4 atom stereocenters. The third kappa shape index (κ3) is 0.290. The molecule has 5 aliphatic rings. The normalized spacial score (nSPS) is 67.6. The van der Waals surface area contributed by atoms with Gasteiger partial charge in [0, 0.05) is 0 Å². The lowest BCUT2D eigenvalue weighted by molar-refractivity contribution is 0.0840. The summed E-state index contributed by atoms with van der Waals surface area (Å²) in [4.78, 5) is 0. The lowest BCUT2D eigenvalue weighted by atomic mass is 9.65. The second kappa shape index (κ2) is 0.963. The van der Waals surface area contributed by atoms with Gasteiger partial charge in [-0.3, -0.25) is 0 Å². The fourth-order valence-corrected chi connectivity index (χ4v) is 5.34. The predicted octanol–water partition coefficient (Wildman–Crippen LogP) is 2.44. The molecule has 0 saturated heterocycles. The number of hydrogen-bond acceptors (Lipinski definition) is 0. The molecule has 0 aromatic heterocycles. The molecule has 5 fully saturated rings. The maximum absolute atomic E-state index is 1.68. The Kier molecular flexibility index (Phi) is 0.428. The van der Waals surface area contributed by atoms with Crippen LogP contribution < -0.4 is 0 Å². The molecule has 0 heterocycles. The van der Waals surface area contributed by atoms with Crippen molar-refractivity contribution in [3.05, 3.63) is 0 Å². The molecule has 5 aliphatic carbocycles. The zero-order valence-electron chi connectivity index (χ0n) is 6.84. The van der Waals surface area contributed by atoms with Crippen LogP contribution in [0.4, 0.5) is 0 Å². The Morgan fingerprint density at radius 3 is 2.18 bits per heavy atom. The van der Waals surface area contributed by atoms with Gasteiger partial charge in [0.1, 0.15) is 0 Å². The Bertz CT molecular complexity index is 256. The predicted molar refractivity (Wildman–Crippen MR) is 41.9 cm³/mol. The summed E-state index contributed by atoms with van der Waals surface area (Å²) in [5.41, 5.74) is 2.01. The highest BCUT2D eigenvalue weighted by Crippen LogP contribution is 2.95. The third-order valence-electron chi connectivity index (χ3n) is 6.00. The van der Waals surface area contributed by atoms with Crippen LogP contribution in [0, 0.1) is 34.5 Å². The largest absolute Gasteiger partial charge is 0.0468 e. The lowest BCUT2D eigenvalue weighted by Gasteiger charge is -2.39. The van der Waals surface area contributed by atoms with E-state index in [0.717, 1.165) is 10.8 Å². The molecule has 58 valence electrons. The summed E-state index contributed by atoms with van der Waals surface area (Å²) in [5.74, 6) is 5.14. The molecule has 0 aromatic rings. The summed E-state index contributed by atoms with van der Waals surface area (Å²) >= 11 is 0. The van der Waals surface area contributed by atoms with Crippen molar-refractivity contribution in [3.8, 4) is 0 Å². The molecule has 0 N–H and O–H groups in total. The minimum absolute atomic E-state index is 0.994.